The molecule has 1 amide bonds. The van der Waals surface area contributed by atoms with Crippen LogP contribution in [0.2, 0.25) is 0 Å². The fourth-order valence-electron chi connectivity index (χ4n) is 3.73. The average molecular weight is 261 g/mol. The van der Waals surface area contributed by atoms with E-state index >= 15 is 0 Å². The van der Waals surface area contributed by atoms with E-state index in [9.17, 15) is 4.79 Å². The monoisotopic (exact) mass is 261 g/mol. The van der Waals surface area contributed by atoms with Crippen molar-refractivity contribution in [3.63, 3.8) is 0 Å². The molecule has 0 spiro atoms. The minimum Gasteiger partial charge on any atom is -0.344 e. The van der Waals surface area contributed by atoms with Crippen LogP contribution in [0.5, 0.6) is 0 Å². The Kier molecular flexibility index (Phi) is 2.75. The Balaban J connectivity index is 1.91. The van der Waals surface area contributed by atoms with Gasteiger partial charge in [0.15, 0.2) is 0 Å². The number of amides is 1. The van der Waals surface area contributed by atoms with Crippen LogP contribution < -0.4 is 5.32 Å². The number of aromatic nitrogens is 1. The van der Waals surface area contributed by atoms with Gasteiger partial charge in [-0.15, -0.1) is 0 Å². The van der Waals surface area contributed by atoms with Crippen LogP contribution in [0.25, 0.3) is 0 Å². The molecular weight excluding hydrogens is 238 g/mol. The fourth-order valence-corrected chi connectivity index (χ4v) is 3.73. The molecule has 2 fully saturated rings. The molecule has 3 heterocycles. The van der Waals surface area contributed by atoms with Gasteiger partial charge < -0.3 is 14.8 Å². The Morgan fingerprint density at radius 3 is 2.68 bits per heavy atom. The van der Waals surface area contributed by atoms with Crippen LogP contribution in [-0.2, 0) is 7.05 Å². The van der Waals surface area contributed by atoms with E-state index in [0.29, 0.717) is 11.8 Å². The first-order valence-electron chi connectivity index (χ1n) is 7.08. The molecule has 0 radical (unpaired) electrons. The summed E-state index contributed by atoms with van der Waals surface area (Å²) in [7, 11) is 1.97. The predicted octanol–water partition coefficient (Wildman–Crippen LogP) is 1.40. The van der Waals surface area contributed by atoms with Crippen LogP contribution in [0.4, 0.5) is 0 Å². The van der Waals surface area contributed by atoms with Crippen molar-refractivity contribution < 1.29 is 4.79 Å². The van der Waals surface area contributed by atoms with Crippen molar-refractivity contribution in [3.8, 4) is 0 Å². The Hall–Kier alpha value is -1.29. The summed E-state index contributed by atoms with van der Waals surface area (Å²) < 4.78 is 1.99. The summed E-state index contributed by atoms with van der Waals surface area (Å²) in [5, 5.41) is 3.45. The summed E-state index contributed by atoms with van der Waals surface area (Å²) in [6, 6.07) is 3.96. The number of nitrogens with zero attached hydrogens (tertiary/aromatic N) is 2. The standard InChI is InChI=1S/C15H23N3O/c1-10-5-6-13(17(10)4)14(19)18-9-11-7-16-8-12(11)15(18,2)3/h5-6,11-12,16H,7-9H2,1-4H3. The molecule has 4 nitrogen and oxygen atoms in total. The van der Waals surface area contributed by atoms with Crippen molar-refractivity contribution in [3.05, 3.63) is 23.5 Å². The molecule has 2 atom stereocenters. The second-order valence-corrected chi connectivity index (χ2v) is 6.51. The van der Waals surface area contributed by atoms with Gasteiger partial charge >= 0.3 is 0 Å². The van der Waals surface area contributed by atoms with Crippen LogP contribution in [-0.4, -0.2) is 40.5 Å². The first-order chi connectivity index (χ1) is 8.93. The normalized spacial score (nSPS) is 28.7. The van der Waals surface area contributed by atoms with Crippen molar-refractivity contribution in [1.82, 2.24) is 14.8 Å². The van der Waals surface area contributed by atoms with Crippen molar-refractivity contribution in [2.75, 3.05) is 19.6 Å². The van der Waals surface area contributed by atoms with Gasteiger partial charge in [-0.2, -0.15) is 0 Å². The van der Waals surface area contributed by atoms with Crippen molar-refractivity contribution in [1.29, 1.82) is 0 Å². The lowest BCUT2D eigenvalue weighted by Crippen LogP contribution is -2.48. The molecule has 0 aromatic carbocycles. The van der Waals surface area contributed by atoms with E-state index in [4.69, 9.17) is 0 Å². The number of likely N-dealkylation sites (tertiary alicyclic amines) is 1. The highest BCUT2D eigenvalue weighted by Crippen LogP contribution is 2.41. The van der Waals surface area contributed by atoms with Crippen molar-refractivity contribution in [2.45, 2.75) is 26.3 Å². The minimum atomic E-state index is -0.0522. The summed E-state index contributed by atoms with van der Waals surface area (Å²) in [5.41, 5.74) is 1.88. The van der Waals surface area contributed by atoms with Gasteiger partial charge in [0.2, 0.25) is 0 Å². The quantitative estimate of drug-likeness (QED) is 0.830. The number of nitrogens with one attached hydrogen (secondary N) is 1. The summed E-state index contributed by atoms with van der Waals surface area (Å²) in [5.74, 6) is 1.37. The average Bonchev–Trinajstić information content (AvgIpc) is 2.99. The van der Waals surface area contributed by atoms with Crippen LogP contribution in [0.15, 0.2) is 12.1 Å². The molecule has 3 rings (SSSR count). The lowest BCUT2D eigenvalue weighted by atomic mass is 9.85. The maximum absolute atomic E-state index is 12.8. The molecule has 1 aromatic rings. The molecule has 1 N–H and O–H groups in total. The third kappa shape index (κ3) is 1.73. The van der Waals surface area contributed by atoms with E-state index in [1.165, 1.54) is 0 Å². The number of fused-ring (bicyclic) bond motifs is 1. The maximum atomic E-state index is 12.8. The van der Waals surface area contributed by atoms with Gasteiger partial charge in [0.25, 0.3) is 5.91 Å². The summed E-state index contributed by atoms with van der Waals surface area (Å²) >= 11 is 0. The van der Waals surface area contributed by atoms with Crippen LogP contribution in [0.1, 0.15) is 30.0 Å². The van der Waals surface area contributed by atoms with E-state index < -0.39 is 0 Å². The van der Waals surface area contributed by atoms with Gasteiger partial charge in [-0.3, -0.25) is 4.79 Å². The molecule has 19 heavy (non-hydrogen) atoms. The molecule has 0 bridgehead atoms. The largest absolute Gasteiger partial charge is 0.344 e. The van der Waals surface area contributed by atoms with E-state index in [0.717, 1.165) is 31.0 Å². The fraction of sp³-hybridized carbons (Fsp3) is 0.667. The van der Waals surface area contributed by atoms with E-state index in [1.807, 2.05) is 30.7 Å². The Morgan fingerprint density at radius 1 is 1.37 bits per heavy atom. The van der Waals surface area contributed by atoms with Gasteiger partial charge in [0.1, 0.15) is 5.69 Å². The molecular formula is C15H23N3O. The summed E-state index contributed by atoms with van der Waals surface area (Å²) in [6.45, 7) is 9.41. The number of rotatable bonds is 1. The zero-order valence-electron chi connectivity index (χ0n) is 12.2. The molecule has 2 aliphatic heterocycles. The zero-order chi connectivity index (χ0) is 13.8. The SMILES string of the molecule is Cc1ccc(C(=O)N2CC3CNCC3C2(C)C)n1C. The molecule has 2 saturated heterocycles. The molecule has 2 unspecified atom stereocenters. The molecule has 1 aromatic heterocycles. The molecule has 0 aliphatic carbocycles. The first kappa shape index (κ1) is 12.7. The van der Waals surface area contributed by atoms with Gasteiger partial charge in [-0.05, 0) is 44.7 Å². The number of carbonyl (C=O) groups is 1. The van der Waals surface area contributed by atoms with E-state index in [2.05, 4.69) is 24.1 Å². The van der Waals surface area contributed by atoms with Crippen molar-refractivity contribution >= 4 is 5.91 Å². The lowest BCUT2D eigenvalue weighted by molar-refractivity contribution is 0.0593. The van der Waals surface area contributed by atoms with E-state index in [-0.39, 0.29) is 11.4 Å². The van der Waals surface area contributed by atoms with Crippen molar-refractivity contribution in [2.24, 2.45) is 18.9 Å². The highest BCUT2D eigenvalue weighted by atomic mass is 16.2. The van der Waals surface area contributed by atoms with Gasteiger partial charge in [0, 0.05) is 37.9 Å². The lowest BCUT2D eigenvalue weighted by Gasteiger charge is -2.35. The zero-order valence-corrected chi connectivity index (χ0v) is 12.2. The smallest absolute Gasteiger partial charge is 0.270 e. The Bertz CT molecular complexity index is 517. The van der Waals surface area contributed by atoms with E-state index in [1.54, 1.807) is 0 Å². The summed E-state index contributed by atoms with van der Waals surface area (Å²) in [6.07, 6.45) is 0. The number of hydrogen-bond acceptors (Lipinski definition) is 2. The molecule has 2 aliphatic rings. The number of carbonyl (C=O) groups excluding carboxylic acids is 1. The molecule has 104 valence electrons. The number of hydrogen-bond donors (Lipinski definition) is 1. The topological polar surface area (TPSA) is 37.3 Å². The molecule has 4 heteroatoms. The van der Waals surface area contributed by atoms with Gasteiger partial charge in [-0.1, -0.05) is 0 Å². The summed E-state index contributed by atoms with van der Waals surface area (Å²) in [4.78, 5) is 14.9. The predicted molar refractivity (Wildman–Crippen MR) is 75.1 cm³/mol. The van der Waals surface area contributed by atoms with Crippen LogP contribution in [0.3, 0.4) is 0 Å². The van der Waals surface area contributed by atoms with Crippen LogP contribution >= 0.6 is 0 Å². The van der Waals surface area contributed by atoms with Gasteiger partial charge in [0.05, 0.1) is 0 Å². The maximum Gasteiger partial charge on any atom is 0.270 e. The highest BCUT2D eigenvalue weighted by Gasteiger charge is 2.51. The first-order valence-corrected chi connectivity index (χ1v) is 7.08. The molecule has 0 saturated carbocycles. The third-order valence-corrected chi connectivity index (χ3v) is 5.20. The second kappa shape index (κ2) is 4.10. The number of aryl methyl sites for hydroxylation is 1. The minimum absolute atomic E-state index is 0.0522. The second-order valence-electron chi connectivity index (χ2n) is 6.51. The third-order valence-electron chi connectivity index (χ3n) is 5.20. The Labute approximate surface area is 114 Å². The Morgan fingerprint density at radius 2 is 2.11 bits per heavy atom. The van der Waals surface area contributed by atoms with Gasteiger partial charge in [-0.25, -0.2) is 0 Å². The highest BCUT2D eigenvalue weighted by molar-refractivity contribution is 5.93. The van der Waals surface area contributed by atoms with Crippen LogP contribution in [0, 0.1) is 18.8 Å².